The van der Waals surface area contributed by atoms with E-state index >= 15 is 0 Å². The molecule has 11 nitrogen and oxygen atoms in total. The molecule has 1 aliphatic heterocycles. The Bertz CT molecular complexity index is 936. The summed E-state index contributed by atoms with van der Waals surface area (Å²) in [5.74, 6) is -1.07. The molecule has 3 N–H and O–H groups in total. The molecule has 0 spiro atoms. The average molecular weight is 442 g/mol. The zero-order valence-corrected chi connectivity index (χ0v) is 18.5. The molecule has 174 valence electrons. The second-order valence-corrected chi connectivity index (χ2v) is 9.54. The van der Waals surface area contributed by atoms with Gasteiger partial charge in [0.15, 0.2) is 6.23 Å². The number of hydrogen-bond donors (Lipinski definition) is 3. The number of aromatic nitrogens is 2. The van der Waals surface area contributed by atoms with Crippen molar-refractivity contribution in [1.82, 2.24) is 9.55 Å². The highest BCUT2D eigenvalue weighted by Gasteiger charge is 2.45. The van der Waals surface area contributed by atoms with Gasteiger partial charge in [-0.15, -0.1) is 0 Å². The smallest absolute Gasteiger partial charge is 0.330 e. The number of aliphatic hydroxyl groups is 2. The van der Waals surface area contributed by atoms with Gasteiger partial charge in [-0.05, 0) is 41.5 Å². The van der Waals surface area contributed by atoms with Gasteiger partial charge in [0.05, 0.1) is 16.4 Å². The van der Waals surface area contributed by atoms with Crippen molar-refractivity contribution in [3.8, 4) is 0 Å². The summed E-state index contributed by atoms with van der Waals surface area (Å²) >= 11 is 0. The molecular formula is C20H30N2O9. The van der Waals surface area contributed by atoms with Crippen LogP contribution in [0.4, 0.5) is 0 Å². The number of esters is 2. The van der Waals surface area contributed by atoms with Crippen molar-refractivity contribution in [2.45, 2.75) is 72.7 Å². The number of nitrogens with one attached hydrogen (secondary N) is 1. The van der Waals surface area contributed by atoms with E-state index in [1.807, 2.05) is 0 Å². The van der Waals surface area contributed by atoms with Gasteiger partial charge in [-0.3, -0.25) is 23.9 Å². The quantitative estimate of drug-likeness (QED) is 0.527. The van der Waals surface area contributed by atoms with E-state index in [0.29, 0.717) is 0 Å². The minimum Gasteiger partial charge on any atom is -0.462 e. The molecule has 4 atom stereocenters. The van der Waals surface area contributed by atoms with Crippen molar-refractivity contribution in [3.63, 3.8) is 0 Å². The Morgan fingerprint density at radius 3 is 2.13 bits per heavy atom. The highest BCUT2D eigenvalue weighted by Crippen LogP contribution is 2.29. The third kappa shape index (κ3) is 5.81. The van der Waals surface area contributed by atoms with E-state index < -0.39 is 65.2 Å². The number of H-pyrrole nitrogens is 1. The number of ether oxygens (including phenoxy) is 3. The van der Waals surface area contributed by atoms with E-state index in [-0.39, 0.29) is 12.2 Å². The lowest BCUT2D eigenvalue weighted by atomic mass is 9.97. The van der Waals surface area contributed by atoms with Gasteiger partial charge in [-0.1, -0.05) is 0 Å². The first-order valence-corrected chi connectivity index (χ1v) is 9.83. The number of carbonyl (C=O) groups excluding carboxylic acids is 2. The molecule has 1 aromatic heterocycles. The van der Waals surface area contributed by atoms with Crippen LogP contribution < -0.4 is 11.2 Å². The fraction of sp³-hybridized carbons (Fsp3) is 0.700. The van der Waals surface area contributed by atoms with E-state index in [9.17, 15) is 29.4 Å². The van der Waals surface area contributed by atoms with Crippen LogP contribution in [-0.2, 0) is 30.4 Å². The number of carbonyl (C=O) groups is 2. The predicted molar refractivity (Wildman–Crippen MR) is 107 cm³/mol. The van der Waals surface area contributed by atoms with Gasteiger partial charge < -0.3 is 24.4 Å². The Hall–Kier alpha value is -2.50. The largest absolute Gasteiger partial charge is 0.462 e. The fourth-order valence-corrected chi connectivity index (χ4v) is 2.65. The Labute approximate surface area is 178 Å². The molecule has 0 bridgehead atoms. The predicted octanol–water partition coefficient (Wildman–Crippen LogP) is -0.166. The van der Waals surface area contributed by atoms with Crippen molar-refractivity contribution in [1.29, 1.82) is 0 Å². The van der Waals surface area contributed by atoms with Gasteiger partial charge >= 0.3 is 17.6 Å². The van der Waals surface area contributed by atoms with E-state index in [2.05, 4.69) is 4.98 Å². The van der Waals surface area contributed by atoms with Crippen molar-refractivity contribution in [2.24, 2.45) is 10.8 Å². The summed E-state index contributed by atoms with van der Waals surface area (Å²) in [6, 6.07) is 0. The molecule has 1 aliphatic rings. The Balaban J connectivity index is 2.19. The van der Waals surface area contributed by atoms with E-state index in [4.69, 9.17) is 14.2 Å². The summed E-state index contributed by atoms with van der Waals surface area (Å²) in [6.07, 6.45) is -4.32. The van der Waals surface area contributed by atoms with E-state index in [1.54, 1.807) is 41.5 Å². The fourth-order valence-electron chi connectivity index (χ4n) is 2.65. The maximum atomic E-state index is 12.3. The molecule has 1 saturated heterocycles. The molecule has 0 amide bonds. The Morgan fingerprint density at radius 1 is 1.03 bits per heavy atom. The molecule has 2 heterocycles. The maximum absolute atomic E-state index is 12.3. The highest BCUT2D eigenvalue weighted by atomic mass is 16.6. The van der Waals surface area contributed by atoms with Crippen LogP contribution in [-0.4, -0.2) is 56.6 Å². The monoisotopic (exact) mass is 442 g/mol. The first kappa shape index (κ1) is 24.8. The van der Waals surface area contributed by atoms with Crippen LogP contribution in [0.1, 0.15) is 53.3 Å². The number of rotatable bonds is 5. The van der Waals surface area contributed by atoms with Crippen LogP contribution in [0, 0.1) is 10.8 Å². The van der Waals surface area contributed by atoms with Gasteiger partial charge in [0, 0.05) is 6.20 Å². The first-order chi connectivity index (χ1) is 14.1. The molecule has 0 radical (unpaired) electrons. The summed E-state index contributed by atoms with van der Waals surface area (Å²) in [4.78, 5) is 50.3. The number of aromatic amines is 1. The molecule has 0 aromatic carbocycles. The summed E-state index contributed by atoms with van der Waals surface area (Å²) in [5, 5.41) is 20.6. The lowest BCUT2D eigenvalue weighted by Gasteiger charge is -2.20. The van der Waals surface area contributed by atoms with Crippen LogP contribution >= 0.6 is 0 Å². The number of hydrogen-bond acceptors (Lipinski definition) is 9. The van der Waals surface area contributed by atoms with Gasteiger partial charge in [0.1, 0.15) is 31.5 Å². The zero-order valence-electron chi connectivity index (χ0n) is 18.5. The second-order valence-electron chi connectivity index (χ2n) is 9.54. The summed E-state index contributed by atoms with van der Waals surface area (Å²) in [5.41, 5.74) is -3.25. The van der Waals surface area contributed by atoms with Crippen LogP contribution in [0.25, 0.3) is 0 Å². The minimum absolute atomic E-state index is 0.0508. The van der Waals surface area contributed by atoms with Gasteiger partial charge in [0.25, 0.3) is 5.56 Å². The van der Waals surface area contributed by atoms with Crippen molar-refractivity contribution in [2.75, 3.05) is 6.61 Å². The van der Waals surface area contributed by atoms with E-state index in [1.165, 1.54) is 0 Å². The van der Waals surface area contributed by atoms with Crippen LogP contribution in [0.3, 0.4) is 0 Å². The Kier molecular flexibility index (Phi) is 7.14. The van der Waals surface area contributed by atoms with E-state index in [0.717, 1.165) is 10.8 Å². The molecule has 11 heteroatoms. The number of nitrogens with zero attached hydrogens (tertiary/aromatic N) is 1. The molecule has 0 saturated carbocycles. The lowest BCUT2D eigenvalue weighted by Crippen LogP contribution is -2.39. The van der Waals surface area contributed by atoms with Gasteiger partial charge in [0.2, 0.25) is 0 Å². The number of aliphatic hydroxyl groups excluding tert-OH is 2. The van der Waals surface area contributed by atoms with Gasteiger partial charge in [-0.2, -0.15) is 0 Å². The van der Waals surface area contributed by atoms with Crippen LogP contribution in [0.15, 0.2) is 15.8 Å². The standard InChI is InChI=1S/C20H30N2O9/c1-19(2,3)16(26)29-8-10-7-22(18(28)21-14(10)25)15-13(24)12(23)11(31-15)9-30-17(27)20(4,5)6/h7,11-13,15,23-24H,8-9H2,1-6H3,(H,21,25,28)/t11-,12-,13-,15-/m1/s1. The molecule has 1 aromatic rings. The van der Waals surface area contributed by atoms with Crippen LogP contribution in [0.2, 0.25) is 0 Å². The summed E-state index contributed by atoms with van der Waals surface area (Å²) in [7, 11) is 0. The average Bonchev–Trinajstić information content (AvgIpc) is 2.92. The molecule has 0 aliphatic carbocycles. The third-order valence-electron chi connectivity index (χ3n) is 4.62. The minimum atomic E-state index is -1.54. The SMILES string of the molecule is CC(C)(C)C(=O)OCc1cn([C@@H]2O[C@H](COC(=O)C(C)(C)C)[C@@H](O)[C@H]2O)c(=O)[nH]c1=O. The van der Waals surface area contributed by atoms with Crippen LogP contribution in [0.5, 0.6) is 0 Å². The van der Waals surface area contributed by atoms with Gasteiger partial charge in [-0.25, -0.2) is 4.79 Å². The molecule has 31 heavy (non-hydrogen) atoms. The molecular weight excluding hydrogens is 412 g/mol. The Morgan fingerprint density at radius 2 is 1.58 bits per heavy atom. The molecule has 1 fully saturated rings. The lowest BCUT2D eigenvalue weighted by molar-refractivity contribution is -0.159. The normalized spacial score (nSPS) is 24.1. The highest BCUT2D eigenvalue weighted by molar-refractivity contribution is 5.75. The summed E-state index contributed by atoms with van der Waals surface area (Å²) < 4.78 is 16.7. The molecule has 2 rings (SSSR count). The van der Waals surface area contributed by atoms with Crippen molar-refractivity contribution >= 4 is 11.9 Å². The maximum Gasteiger partial charge on any atom is 0.330 e. The van der Waals surface area contributed by atoms with Crippen molar-refractivity contribution in [3.05, 3.63) is 32.6 Å². The first-order valence-electron chi connectivity index (χ1n) is 9.83. The third-order valence-corrected chi connectivity index (χ3v) is 4.62. The summed E-state index contributed by atoms with van der Waals surface area (Å²) in [6.45, 7) is 9.20. The zero-order chi connectivity index (χ0) is 23.7. The second kappa shape index (κ2) is 8.93. The molecule has 0 unspecified atom stereocenters. The topological polar surface area (TPSA) is 157 Å². The van der Waals surface area contributed by atoms with Crippen molar-refractivity contribution < 1.29 is 34.0 Å².